The van der Waals surface area contributed by atoms with E-state index in [1.807, 2.05) is 18.2 Å². The molecule has 36 heavy (non-hydrogen) atoms. The first kappa shape index (κ1) is 24.5. The molecule has 3 aromatic carbocycles. The average Bonchev–Trinajstić information content (AvgIpc) is 3.30. The van der Waals surface area contributed by atoms with Gasteiger partial charge in [0.1, 0.15) is 12.2 Å². The molecule has 3 amide bonds. The lowest BCUT2D eigenvalue weighted by atomic mass is 10.1. The third-order valence-electron chi connectivity index (χ3n) is 5.14. The van der Waals surface area contributed by atoms with E-state index in [1.54, 1.807) is 60.7 Å². The van der Waals surface area contributed by atoms with E-state index in [4.69, 9.17) is 13.9 Å². The summed E-state index contributed by atoms with van der Waals surface area (Å²) in [5.41, 5.74) is 3.02. The Balaban J connectivity index is 1.29. The number of amides is 3. The van der Waals surface area contributed by atoms with Gasteiger partial charge in [0.05, 0.1) is 13.0 Å². The summed E-state index contributed by atoms with van der Waals surface area (Å²) in [6.07, 6.45) is -0.475. The van der Waals surface area contributed by atoms with Crippen LogP contribution in [-0.4, -0.2) is 38.2 Å². The van der Waals surface area contributed by atoms with Crippen LogP contribution in [0.15, 0.2) is 83.3 Å². The van der Waals surface area contributed by atoms with Gasteiger partial charge in [-0.05, 0) is 48.0 Å². The van der Waals surface area contributed by atoms with E-state index >= 15 is 0 Å². The van der Waals surface area contributed by atoms with Gasteiger partial charge in [0, 0.05) is 29.6 Å². The number of para-hydroxylation sites is 1. The molecule has 9 nitrogen and oxygen atoms in total. The van der Waals surface area contributed by atoms with Gasteiger partial charge in [0.15, 0.2) is 5.76 Å². The molecule has 4 aromatic rings. The van der Waals surface area contributed by atoms with Gasteiger partial charge in [-0.1, -0.05) is 36.4 Å². The minimum atomic E-state index is -0.608. The Labute approximate surface area is 207 Å². The summed E-state index contributed by atoms with van der Waals surface area (Å²) in [5, 5.41) is 9.05. The van der Waals surface area contributed by atoms with Crippen molar-refractivity contribution in [3.63, 3.8) is 0 Å². The van der Waals surface area contributed by atoms with E-state index in [2.05, 4.69) is 16.0 Å². The standard InChI is InChI=1S/C27H25N3O6/c1-34-13-14-35-27(33)30-22-7-4-6-21(17-22)28-25(31)15-18-9-11-20(12-10-18)29-26(32)24-16-19-5-2-3-8-23(19)36-24/h2-12,16-17H,13-15H2,1H3,(H,28,31)(H,29,32)(H,30,33). The molecule has 1 aromatic heterocycles. The highest BCUT2D eigenvalue weighted by atomic mass is 16.6. The summed E-state index contributed by atoms with van der Waals surface area (Å²) in [6.45, 7) is 0.444. The summed E-state index contributed by atoms with van der Waals surface area (Å²) in [6, 6.07) is 22.8. The number of rotatable bonds is 9. The van der Waals surface area contributed by atoms with Gasteiger partial charge in [-0.3, -0.25) is 14.9 Å². The zero-order valence-electron chi connectivity index (χ0n) is 19.6. The van der Waals surface area contributed by atoms with Gasteiger partial charge >= 0.3 is 6.09 Å². The molecule has 0 radical (unpaired) electrons. The van der Waals surface area contributed by atoms with Crippen LogP contribution in [0.1, 0.15) is 16.1 Å². The first-order valence-electron chi connectivity index (χ1n) is 11.2. The molecule has 4 rings (SSSR count). The zero-order valence-corrected chi connectivity index (χ0v) is 19.6. The topological polar surface area (TPSA) is 119 Å². The Kier molecular flexibility index (Phi) is 7.94. The maximum Gasteiger partial charge on any atom is 0.411 e. The van der Waals surface area contributed by atoms with Crippen molar-refractivity contribution in [3.8, 4) is 0 Å². The fraction of sp³-hybridized carbons (Fsp3) is 0.148. The maximum atomic E-state index is 12.5. The van der Waals surface area contributed by atoms with Gasteiger partial charge in [-0.25, -0.2) is 4.79 Å². The number of carbonyl (C=O) groups excluding carboxylic acids is 3. The van der Waals surface area contributed by atoms with Crippen LogP contribution < -0.4 is 16.0 Å². The first-order chi connectivity index (χ1) is 17.5. The van der Waals surface area contributed by atoms with Crippen molar-refractivity contribution in [2.75, 3.05) is 36.3 Å². The number of carbonyl (C=O) groups is 3. The second-order valence-corrected chi connectivity index (χ2v) is 7.86. The molecule has 0 unspecified atom stereocenters. The van der Waals surface area contributed by atoms with Crippen LogP contribution in [0.25, 0.3) is 11.0 Å². The molecule has 0 aliphatic carbocycles. The monoisotopic (exact) mass is 487 g/mol. The smallest absolute Gasteiger partial charge is 0.411 e. The van der Waals surface area contributed by atoms with E-state index in [-0.39, 0.29) is 30.6 Å². The molecule has 0 spiro atoms. The van der Waals surface area contributed by atoms with Crippen molar-refractivity contribution in [1.29, 1.82) is 0 Å². The third-order valence-corrected chi connectivity index (χ3v) is 5.14. The first-order valence-corrected chi connectivity index (χ1v) is 11.2. The number of benzene rings is 3. The van der Waals surface area contributed by atoms with E-state index < -0.39 is 6.09 Å². The minimum absolute atomic E-state index is 0.133. The molecule has 0 saturated carbocycles. The van der Waals surface area contributed by atoms with Gasteiger partial charge in [-0.15, -0.1) is 0 Å². The number of fused-ring (bicyclic) bond motifs is 1. The normalized spacial score (nSPS) is 10.6. The molecule has 0 aliphatic heterocycles. The lowest BCUT2D eigenvalue weighted by molar-refractivity contribution is -0.115. The Morgan fingerprint density at radius 3 is 2.28 bits per heavy atom. The van der Waals surface area contributed by atoms with Crippen LogP contribution in [-0.2, 0) is 20.7 Å². The molecule has 0 fully saturated rings. The van der Waals surface area contributed by atoms with Crippen molar-refractivity contribution in [2.24, 2.45) is 0 Å². The summed E-state index contributed by atoms with van der Waals surface area (Å²) in [5.74, 6) is -0.360. The Morgan fingerprint density at radius 2 is 1.53 bits per heavy atom. The van der Waals surface area contributed by atoms with Crippen molar-refractivity contribution < 1.29 is 28.3 Å². The predicted octanol–water partition coefficient (Wildman–Crippen LogP) is 5.06. The van der Waals surface area contributed by atoms with Crippen LogP contribution in [0.4, 0.5) is 21.9 Å². The summed E-state index contributed by atoms with van der Waals surface area (Å²) >= 11 is 0. The van der Waals surface area contributed by atoms with Crippen LogP contribution >= 0.6 is 0 Å². The summed E-state index contributed by atoms with van der Waals surface area (Å²) in [7, 11) is 1.52. The quantitative estimate of drug-likeness (QED) is 0.284. The van der Waals surface area contributed by atoms with Crippen LogP contribution in [0.5, 0.6) is 0 Å². The van der Waals surface area contributed by atoms with E-state index in [0.717, 1.165) is 10.9 Å². The van der Waals surface area contributed by atoms with Gasteiger partial charge in [0.25, 0.3) is 5.91 Å². The summed E-state index contributed by atoms with van der Waals surface area (Å²) in [4.78, 5) is 36.8. The summed E-state index contributed by atoms with van der Waals surface area (Å²) < 4.78 is 15.4. The van der Waals surface area contributed by atoms with Crippen LogP contribution in [0, 0.1) is 0 Å². The molecule has 3 N–H and O–H groups in total. The molecule has 9 heteroatoms. The fourth-order valence-corrected chi connectivity index (χ4v) is 3.43. The number of hydrogen-bond donors (Lipinski definition) is 3. The number of anilines is 3. The number of ether oxygens (including phenoxy) is 2. The number of hydrogen-bond acceptors (Lipinski definition) is 6. The third kappa shape index (κ3) is 6.71. The lowest BCUT2D eigenvalue weighted by Crippen LogP contribution is -2.17. The lowest BCUT2D eigenvalue weighted by Gasteiger charge is -2.10. The SMILES string of the molecule is COCCOC(=O)Nc1cccc(NC(=O)Cc2ccc(NC(=O)c3cc4ccccc4o3)cc2)c1. The van der Waals surface area contributed by atoms with Gasteiger partial charge in [0.2, 0.25) is 5.91 Å². The Bertz CT molecular complexity index is 1330. The number of methoxy groups -OCH3 is 1. The highest BCUT2D eigenvalue weighted by Gasteiger charge is 2.13. The largest absolute Gasteiger partial charge is 0.451 e. The maximum absolute atomic E-state index is 12.5. The highest BCUT2D eigenvalue weighted by Crippen LogP contribution is 2.20. The molecule has 0 bridgehead atoms. The zero-order chi connectivity index (χ0) is 25.3. The van der Waals surface area contributed by atoms with Gasteiger partial charge in [-0.2, -0.15) is 0 Å². The molecule has 0 saturated heterocycles. The average molecular weight is 488 g/mol. The number of furan rings is 1. The minimum Gasteiger partial charge on any atom is -0.451 e. The van der Waals surface area contributed by atoms with E-state index in [9.17, 15) is 14.4 Å². The van der Waals surface area contributed by atoms with Crippen LogP contribution in [0.2, 0.25) is 0 Å². The Hall–Kier alpha value is -4.63. The molecular weight excluding hydrogens is 462 g/mol. The molecule has 0 atom stereocenters. The highest BCUT2D eigenvalue weighted by molar-refractivity contribution is 6.04. The molecule has 0 aliphatic rings. The van der Waals surface area contributed by atoms with Crippen molar-refractivity contribution in [3.05, 3.63) is 90.2 Å². The molecular formula is C27H25N3O6. The van der Waals surface area contributed by atoms with Crippen molar-refractivity contribution in [2.45, 2.75) is 6.42 Å². The van der Waals surface area contributed by atoms with E-state index in [0.29, 0.717) is 29.3 Å². The second-order valence-electron chi connectivity index (χ2n) is 7.86. The number of nitrogens with one attached hydrogen (secondary N) is 3. The van der Waals surface area contributed by atoms with Crippen LogP contribution in [0.3, 0.4) is 0 Å². The predicted molar refractivity (Wildman–Crippen MR) is 136 cm³/mol. The Morgan fingerprint density at radius 1 is 0.778 bits per heavy atom. The van der Waals surface area contributed by atoms with Gasteiger partial charge < -0.3 is 24.5 Å². The van der Waals surface area contributed by atoms with Crippen molar-refractivity contribution >= 4 is 45.9 Å². The molecule has 1 heterocycles. The van der Waals surface area contributed by atoms with Crippen molar-refractivity contribution in [1.82, 2.24) is 0 Å². The fourth-order valence-electron chi connectivity index (χ4n) is 3.43. The molecule has 184 valence electrons. The second kappa shape index (κ2) is 11.7. The van der Waals surface area contributed by atoms with E-state index in [1.165, 1.54) is 7.11 Å².